The van der Waals surface area contributed by atoms with E-state index < -0.39 is 0 Å². The van der Waals surface area contributed by atoms with Crippen LogP contribution in [0, 0.1) is 0 Å². The third kappa shape index (κ3) is 4.74. The molecule has 0 aliphatic carbocycles. The first-order valence-corrected chi connectivity index (χ1v) is 10.7. The molecule has 1 aromatic heterocycles. The maximum absolute atomic E-state index is 12.8. The van der Waals surface area contributed by atoms with Crippen LogP contribution in [-0.2, 0) is 13.1 Å². The fourth-order valence-electron chi connectivity index (χ4n) is 3.53. The van der Waals surface area contributed by atoms with Crippen molar-refractivity contribution in [2.45, 2.75) is 26.9 Å². The zero-order valence-corrected chi connectivity index (χ0v) is 18.4. The summed E-state index contributed by atoms with van der Waals surface area (Å²) >= 11 is 5.59. The Morgan fingerprint density at radius 3 is 2.77 bits per heavy atom. The van der Waals surface area contributed by atoms with Crippen LogP contribution in [0.15, 0.2) is 47.3 Å². The quantitative estimate of drug-likeness (QED) is 0.545. The highest BCUT2D eigenvalue weighted by atomic mass is 32.1. The van der Waals surface area contributed by atoms with Gasteiger partial charge in [-0.3, -0.25) is 4.79 Å². The molecule has 31 heavy (non-hydrogen) atoms. The lowest BCUT2D eigenvalue weighted by Crippen LogP contribution is -2.39. The molecule has 0 bridgehead atoms. The lowest BCUT2D eigenvalue weighted by Gasteiger charge is -2.26. The van der Waals surface area contributed by atoms with Crippen molar-refractivity contribution in [3.8, 4) is 17.2 Å². The number of H-pyrrole nitrogens is 1. The Morgan fingerprint density at radius 1 is 1.13 bits per heavy atom. The minimum absolute atomic E-state index is 0.133. The summed E-state index contributed by atoms with van der Waals surface area (Å²) in [7, 11) is 0. The second-order valence-electron chi connectivity index (χ2n) is 7.18. The lowest BCUT2D eigenvalue weighted by atomic mass is 10.1. The van der Waals surface area contributed by atoms with E-state index in [1.54, 1.807) is 0 Å². The van der Waals surface area contributed by atoms with E-state index in [0.717, 1.165) is 33.7 Å². The molecular weight excluding hydrogens is 414 g/mol. The number of nitrogens with zero attached hydrogens (tertiary/aromatic N) is 1. The van der Waals surface area contributed by atoms with E-state index in [9.17, 15) is 4.79 Å². The Hall–Kier alpha value is -3.26. The fourth-order valence-corrected chi connectivity index (χ4v) is 3.81. The summed E-state index contributed by atoms with van der Waals surface area (Å²) in [4.78, 5) is 17.7. The van der Waals surface area contributed by atoms with Crippen LogP contribution in [0.4, 0.5) is 0 Å². The molecule has 4 rings (SSSR count). The maximum Gasteiger partial charge on any atom is 0.253 e. The number of pyridine rings is 1. The Kier molecular flexibility index (Phi) is 6.27. The molecule has 2 heterocycles. The Bertz CT molecular complexity index is 1160. The molecule has 0 fully saturated rings. The monoisotopic (exact) mass is 439 g/mol. The number of aromatic nitrogens is 1. The minimum atomic E-state index is -0.133. The second kappa shape index (κ2) is 9.26. The van der Waals surface area contributed by atoms with Crippen molar-refractivity contribution in [1.29, 1.82) is 0 Å². The highest BCUT2D eigenvalue weighted by Gasteiger charge is 2.17. The van der Waals surface area contributed by atoms with Crippen molar-refractivity contribution in [2.75, 3.05) is 19.9 Å². The van der Waals surface area contributed by atoms with Gasteiger partial charge in [0.05, 0.1) is 13.2 Å². The number of aromatic amines is 1. The zero-order chi connectivity index (χ0) is 21.8. The number of thiocarbonyl (C=S) groups is 1. The summed E-state index contributed by atoms with van der Waals surface area (Å²) in [5.74, 6) is 2.23. The summed E-state index contributed by atoms with van der Waals surface area (Å²) in [6, 6.07) is 13.4. The molecule has 1 aliphatic heterocycles. The molecule has 0 saturated carbocycles. The molecule has 0 saturated heterocycles. The third-order valence-corrected chi connectivity index (χ3v) is 5.39. The molecule has 162 valence electrons. The van der Waals surface area contributed by atoms with Crippen molar-refractivity contribution in [1.82, 2.24) is 15.2 Å². The number of rotatable bonds is 7. The van der Waals surface area contributed by atoms with E-state index in [1.807, 2.05) is 61.2 Å². The second-order valence-corrected chi connectivity index (χ2v) is 7.57. The Balaban J connectivity index is 1.62. The molecule has 8 heteroatoms. The van der Waals surface area contributed by atoms with Crippen molar-refractivity contribution >= 4 is 28.2 Å². The van der Waals surface area contributed by atoms with Crippen LogP contribution < -0.4 is 25.1 Å². The van der Waals surface area contributed by atoms with E-state index in [4.69, 9.17) is 26.4 Å². The minimum Gasteiger partial charge on any atom is -0.494 e. The highest BCUT2D eigenvalue weighted by molar-refractivity contribution is 7.80. The van der Waals surface area contributed by atoms with Gasteiger partial charge < -0.3 is 29.4 Å². The van der Waals surface area contributed by atoms with Gasteiger partial charge in [-0.05, 0) is 68.0 Å². The first kappa shape index (κ1) is 21.0. The molecule has 7 nitrogen and oxygen atoms in total. The number of hydrogen-bond donors (Lipinski definition) is 2. The van der Waals surface area contributed by atoms with Crippen molar-refractivity contribution in [2.24, 2.45) is 0 Å². The largest absolute Gasteiger partial charge is 0.494 e. The first-order valence-electron chi connectivity index (χ1n) is 10.3. The Labute approximate surface area is 185 Å². The van der Waals surface area contributed by atoms with E-state index in [-0.39, 0.29) is 12.4 Å². The molecule has 1 aliphatic rings. The molecule has 0 amide bonds. The van der Waals surface area contributed by atoms with E-state index in [1.165, 1.54) is 0 Å². The third-order valence-electron chi connectivity index (χ3n) is 4.99. The van der Waals surface area contributed by atoms with Gasteiger partial charge in [-0.25, -0.2) is 0 Å². The topological polar surface area (TPSA) is 75.8 Å². The van der Waals surface area contributed by atoms with Gasteiger partial charge in [0.15, 0.2) is 16.6 Å². The lowest BCUT2D eigenvalue weighted by molar-refractivity contribution is 0.174. The fraction of sp³-hybridized carbons (Fsp3) is 0.304. The van der Waals surface area contributed by atoms with Gasteiger partial charge in [0, 0.05) is 29.6 Å². The zero-order valence-electron chi connectivity index (χ0n) is 17.6. The van der Waals surface area contributed by atoms with Gasteiger partial charge in [-0.15, -0.1) is 0 Å². The van der Waals surface area contributed by atoms with Crippen molar-refractivity contribution in [3.05, 3.63) is 63.9 Å². The standard InChI is InChI=1S/C23H25N3O4S/c1-3-24-23(31)26(12-15-5-8-20-21(9-15)30-14-29-20)13-17-10-16-11-18(28-4-2)6-7-19(16)25-22(17)27/h5-11H,3-4,12-14H2,1-2H3,(H,24,31)(H,25,27). The van der Waals surface area contributed by atoms with Crippen LogP contribution in [0.25, 0.3) is 10.9 Å². The average Bonchev–Trinajstić information content (AvgIpc) is 3.22. The normalized spacial score (nSPS) is 12.1. The summed E-state index contributed by atoms with van der Waals surface area (Å²) in [6.07, 6.45) is 0. The molecule has 2 N–H and O–H groups in total. The smallest absolute Gasteiger partial charge is 0.253 e. The molecule has 0 radical (unpaired) electrons. The van der Waals surface area contributed by atoms with Gasteiger partial charge >= 0.3 is 0 Å². The predicted molar refractivity (Wildman–Crippen MR) is 124 cm³/mol. The summed E-state index contributed by atoms with van der Waals surface area (Å²) in [5, 5.41) is 4.69. The van der Waals surface area contributed by atoms with Crippen molar-refractivity contribution in [3.63, 3.8) is 0 Å². The number of benzene rings is 2. The highest BCUT2D eigenvalue weighted by Crippen LogP contribution is 2.33. The number of nitrogens with one attached hydrogen (secondary N) is 2. The maximum atomic E-state index is 12.8. The van der Waals surface area contributed by atoms with Gasteiger partial charge in [0.2, 0.25) is 6.79 Å². The van der Waals surface area contributed by atoms with Gasteiger partial charge in [-0.2, -0.15) is 0 Å². The molecule has 0 atom stereocenters. The van der Waals surface area contributed by atoms with E-state index in [2.05, 4.69) is 10.3 Å². The van der Waals surface area contributed by atoms with Gasteiger partial charge in [0.25, 0.3) is 5.56 Å². The SMILES string of the molecule is CCNC(=S)N(Cc1ccc2c(c1)OCO2)Cc1cc2cc(OCC)ccc2[nH]c1=O. The number of ether oxygens (including phenoxy) is 3. The van der Waals surface area contributed by atoms with Crippen LogP contribution >= 0.6 is 12.2 Å². The van der Waals surface area contributed by atoms with E-state index >= 15 is 0 Å². The number of fused-ring (bicyclic) bond motifs is 2. The van der Waals surface area contributed by atoms with Crippen LogP contribution in [0.5, 0.6) is 17.2 Å². The predicted octanol–water partition coefficient (Wildman–Crippen LogP) is 3.55. The average molecular weight is 440 g/mol. The van der Waals surface area contributed by atoms with Crippen molar-refractivity contribution < 1.29 is 14.2 Å². The van der Waals surface area contributed by atoms with Crippen LogP contribution in [0.1, 0.15) is 25.0 Å². The van der Waals surface area contributed by atoms with Crippen LogP contribution in [-0.4, -0.2) is 34.9 Å². The molecule has 0 spiro atoms. The van der Waals surface area contributed by atoms with E-state index in [0.29, 0.717) is 36.9 Å². The molecule has 3 aromatic rings. The first-order chi connectivity index (χ1) is 15.1. The van der Waals surface area contributed by atoms with Crippen LogP contribution in [0.2, 0.25) is 0 Å². The molecular formula is C23H25N3O4S. The molecule has 0 unspecified atom stereocenters. The van der Waals surface area contributed by atoms with Gasteiger partial charge in [-0.1, -0.05) is 6.07 Å². The van der Waals surface area contributed by atoms with Gasteiger partial charge in [0.1, 0.15) is 5.75 Å². The summed E-state index contributed by atoms with van der Waals surface area (Å²) in [5.41, 5.74) is 2.28. The molecule has 2 aromatic carbocycles. The summed E-state index contributed by atoms with van der Waals surface area (Å²) in [6.45, 7) is 6.34. The van der Waals surface area contributed by atoms with Crippen LogP contribution in [0.3, 0.4) is 0 Å². The summed E-state index contributed by atoms with van der Waals surface area (Å²) < 4.78 is 16.5. The Morgan fingerprint density at radius 2 is 1.97 bits per heavy atom. The number of hydrogen-bond acceptors (Lipinski definition) is 5.